The van der Waals surface area contributed by atoms with Crippen LogP contribution in [0.5, 0.6) is 0 Å². The molecular weight excluding hydrogens is 358 g/mol. The van der Waals surface area contributed by atoms with E-state index in [9.17, 15) is 14.4 Å². The summed E-state index contributed by atoms with van der Waals surface area (Å²) in [5.41, 5.74) is 1.97. The second kappa shape index (κ2) is 8.52. The average Bonchev–Trinajstić information content (AvgIpc) is 2.69. The van der Waals surface area contributed by atoms with Crippen molar-refractivity contribution in [2.45, 2.75) is 26.4 Å². The van der Waals surface area contributed by atoms with Gasteiger partial charge >= 0.3 is 5.97 Å². The molecule has 6 nitrogen and oxygen atoms in total. The summed E-state index contributed by atoms with van der Waals surface area (Å²) >= 11 is 0. The molecule has 0 saturated carbocycles. The molecule has 0 spiro atoms. The highest BCUT2D eigenvalue weighted by atomic mass is 16.6. The van der Waals surface area contributed by atoms with E-state index in [2.05, 4.69) is 5.32 Å². The summed E-state index contributed by atoms with van der Waals surface area (Å²) in [6.45, 7) is 3.76. The lowest BCUT2D eigenvalue weighted by atomic mass is 10.1. The zero-order valence-corrected chi connectivity index (χ0v) is 15.7. The normalized spacial score (nSPS) is 11.8. The smallest absolute Gasteiger partial charge is 0.375 e. The molecule has 3 rings (SSSR count). The van der Waals surface area contributed by atoms with Crippen LogP contribution in [0, 0.1) is 6.92 Å². The van der Waals surface area contributed by atoms with Gasteiger partial charge in [0.1, 0.15) is 5.58 Å². The second-order valence-corrected chi connectivity index (χ2v) is 6.55. The molecule has 1 heterocycles. The summed E-state index contributed by atoms with van der Waals surface area (Å²) < 4.78 is 10.6. The molecule has 0 saturated heterocycles. The maximum Gasteiger partial charge on any atom is 0.375 e. The number of esters is 1. The van der Waals surface area contributed by atoms with E-state index < -0.39 is 18.0 Å². The Labute approximate surface area is 162 Å². The van der Waals surface area contributed by atoms with Crippen LogP contribution in [0.4, 0.5) is 0 Å². The Morgan fingerprint density at radius 3 is 2.61 bits per heavy atom. The molecule has 0 fully saturated rings. The number of nitrogens with one attached hydrogen (secondary N) is 1. The molecule has 0 unspecified atom stereocenters. The lowest BCUT2D eigenvalue weighted by Crippen LogP contribution is -2.37. The molecule has 0 aliphatic rings. The number of carbonyl (C=O) groups excluding carboxylic acids is 2. The van der Waals surface area contributed by atoms with Crippen molar-refractivity contribution in [3.05, 3.63) is 81.7 Å². The first-order chi connectivity index (χ1) is 13.4. The van der Waals surface area contributed by atoms with E-state index in [1.807, 2.05) is 37.3 Å². The Morgan fingerprint density at radius 1 is 1.11 bits per heavy atom. The summed E-state index contributed by atoms with van der Waals surface area (Å²) in [7, 11) is 0. The van der Waals surface area contributed by atoms with Crippen molar-refractivity contribution in [2.75, 3.05) is 6.54 Å². The molecule has 3 aromatic rings. The van der Waals surface area contributed by atoms with Crippen molar-refractivity contribution in [3.8, 4) is 0 Å². The summed E-state index contributed by atoms with van der Waals surface area (Å²) in [6.07, 6.45) is -0.339. The monoisotopic (exact) mass is 379 g/mol. The third-order valence-corrected chi connectivity index (χ3v) is 4.29. The number of hydrogen-bond acceptors (Lipinski definition) is 5. The van der Waals surface area contributed by atoms with Gasteiger partial charge in [0.05, 0.1) is 5.39 Å². The molecule has 28 heavy (non-hydrogen) atoms. The van der Waals surface area contributed by atoms with Gasteiger partial charge in [-0.2, -0.15) is 0 Å². The maximum absolute atomic E-state index is 12.3. The fraction of sp³-hybridized carbons (Fsp3) is 0.227. The molecule has 0 radical (unpaired) electrons. The quantitative estimate of drug-likeness (QED) is 0.666. The van der Waals surface area contributed by atoms with Crippen LogP contribution in [0.15, 0.2) is 63.8 Å². The van der Waals surface area contributed by atoms with E-state index in [-0.39, 0.29) is 11.2 Å². The highest BCUT2D eigenvalue weighted by molar-refractivity contribution is 5.91. The van der Waals surface area contributed by atoms with Crippen LogP contribution >= 0.6 is 0 Å². The van der Waals surface area contributed by atoms with Gasteiger partial charge in [0.2, 0.25) is 5.76 Å². The summed E-state index contributed by atoms with van der Waals surface area (Å²) in [6, 6.07) is 15.9. The first kappa shape index (κ1) is 19.4. The number of carbonyl (C=O) groups is 2. The van der Waals surface area contributed by atoms with Crippen molar-refractivity contribution in [3.63, 3.8) is 0 Å². The van der Waals surface area contributed by atoms with Crippen LogP contribution in [-0.4, -0.2) is 24.5 Å². The van der Waals surface area contributed by atoms with Crippen LogP contribution in [0.2, 0.25) is 0 Å². The van der Waals surface area contributed by atoms with Gasteiger partial charge in [-0.3, -0.25) is 9.59 Å². The number of fused-ring (bicyclic) bond motifs is 1. The fourth-order valence-electron chi connectivity index (χ4n) is 2.76. The minimum atomic E-state index is -1.01. The van der Waals surface area contributed by atoms with Gasteiger partial charge in [-0.1, -0.05) is 42.0 Å². The molecule has 0 aliphatic heterocycles. The molecule has 1 N–H and O–H groups in total. The van der Waals surface area contributed by atoms with Crippen LogP contribution in [0.1, 0.15) is 28.6 Å². The number of benzene rings is 2. The number of amides is 1. The number of aryl methyl sites for hydroxylation is 1. The zero-order valence-electron chi connectivity index (χ0n) is 15.7. The van der Waals surface area contributed by atoms with Crippen LogP contribution in [0.3, 0.4) is 0 Å². The number of hydrogen-bond donors (Lipinski definition) is 1. The van der Waals surface area contributed by atoms with Crippen LogP contribution in [-0.2, 0) is 16.0 Å². The Hall–Kier alpha value is -3.41. The third kappa shape index (κ3) is 4.65. The minimum Gasteiger partial charge on any atom is -0.449 e. The molecule has 2 aromatic carbocycles. The molecule has 144 valence electrons. The van der Waals surface area contributed by atoms with E-state index in [0.717, 1.165) is 17.2 Å². The van der Waals surface area contributed by atoms with Crippen molar-refractivity contribution >= 4 is 22.8 Å². The summed E-state index contributed by atoms with van der Waals surface area (Å²) in [5, 5.41) is 3.12. The van der Waals surface area contributed by atoms with Gasteiger partial charge in [0.15, 0.2) is 11.5 Å². The first-order valence-corrected chi connectivity index (χ1v) is 9.01. The zero-order chi connectivity index (χ0) is 20.1. The van der Waals surface area contributed by atoms with Gasteiger partial charge in [-0.25, -0.2) is 4.79 Å². The Morgan fingerprint density at radius 2 is 1.86 bits per heavy atom. The maximum atomic E-state index is 12.3. The van der Waals surface area contributed by atoms with Crippen LogP contribution < -0.4 is 10.7 Å². The highest BCUT2D eigenvalue weighted by Crippen LogP contribution is 2.15. The number of rotatable bonds is 6. The largest absolute Gasteiger partial charge is 0.449 e. The topological polar surface area (TPSA) is 85.6 Å². The highest BCUT2D eigenvalue weighted by Gasteiger charge is 2.21. The molecular formula is C22H21NO5. The van der Waals surface area contributed by atoms with Gasteiger partial charge in [-0.05, 0) is 38.0 Å². The third-order valence-electron chi connectivity index (χ3n) is 4.29. The van der Waals surface area contributed by atoms with Gasteiger partial charge in [0.25, 0.3) is 5.91 Å². The Bertz CT molecular complexity index is 1060. The molecule has 1 aromatic heterocycles. The predicted molar refractivity (Wildman–Crippen MR) is 105 cm³/mol. The van der Waals surface area contributed by atoms with E-state index in [0.29, 0.717) is 23.9 Å². The Kier molecular flexibility index (Phi) is 5.89. The van der Waals surface area contributed by atoms with Gasteiger partial charge in [-0.15, -0.1) is 0 Å². The second-order valence-electron chi connectivity index (χ2n) is 6.55. The van der Waals surface area contributed by atoms with Gasteiger partial charge in [0, 0.05) is 12.6 Å². The van der Waals surface area contributed by atoms with E-state index in [4.69, 9.17) is 9.15 Å². The Balaban J connectivity index is 1.60. The molecule has 1 amide bonds. The average molecular weight is 379 g/mol. The fourth-order valence-corrected chi connectivity index (χ4v) is 2.76. The van der Waals surface area contributed by atoms with Crippen LogP contribution in [0.25, 0.3) is 11.0 Å². The standard InChI is InChI=1S/C22H21NO5/c1-14-8-9-19-17(12-14)18(24)13-20(28-19)22(26)27-15(2)21(25)23-11-10-16-6-4-3-5-7-16/h3-9,12-13,15H,10-11H2,1-2H3,(H,23,25)/t15-/m0/s1. The molecule has 1 atom stereocenters. The van der Waals surface area contributed by atoms with E-state index in [1.54, 1.807) is 18.2 Å². The van der Waals surface area contributed by atoms with Crippen molar-refractivity contribution in [1.82, 2.24) is 5.32 Å². The van der Waals surface area contributed by atoms with Crippen molar-refractivity contribution in [1.29, 1.82) is 0 Å². The lowest BCUT2D eigenvalue weighted by Gasteiger charge is -2.13. The first-order valence-electron chi connectivity index (χ1n) is 9.01. The van der Waals surface area contributed by atoms with Gasteiger partial charge < -0.3 is 14.5 Å². The lowest BCUT2D eigenvalue weighted by molar-refractivity contribution is -0.129. The SMILES string of the molecule is Cc1ccc2oc(C(=O)O[C@@H](C)C(=O)NCCc3ccccc3)cc(=O)c2c1. The number of ether oxygens (including phenoxy) is 1. The summed E-state index contributed by atoms with van der Waals surface area (Å²) in [5.74, 6) is -1.50. The van der Waals surface area contributed by atoms with Crippen molar-refractivity contribution in [2.24, 2.45) is 0 Å². The molecule has 0 aliphatic carbocycles. The predicted octanol–water partition coefficient (Wildman–Crippen LogP) is 3.01. The van der Waals surface area contributed by atoms with E-state index >= 15 is 0 Å². The minimum absolute atomic E-state index is 0.231. The van der Waals surface area contributed by atoms with E-state index in [1.165, 1.54) is 6.92 Å². The summed E-state index contributed by atoms with van der Waals surface area (Å²) in [4.78, 5) is 36.6. The molecule has 6 heteroatoms. The van der Waals surface area contributed by atoms with Crippen molar-refractivity contribution < 1.29 is 18.7 Å². The molecule has 0 bridgehead atoms.